The largest absolute Gasteiger partial charge is 0.337 e. The van der Waals surface area contributed by atoms with Gasteiger partial charge in [0.2, 0.25) is 5.95 Å². The van der Waals surface area contributed by atoms with E-state index in [9.17, 15) is 0 Å². The van der Waals surface area contributed by atoms with Crippen LogP contribution in [0.2, 0.25) is 0 Å². The quantitative estimate of drug-likeness (QED) is 0.935. The Bertz CT molecular complexity index is 588. The van der Waals surface area contributed by atoms with Crippen LogP contribution in [0.15, 0.2) is 22.8 Å². The van der Waals surface area contributed by atoms with Gasteiger partial charge in [0.15, 0.2) is 5.65 Å². The fraction of sp³-hybridized carbons (Fsp3) is 0.571. The van der Waals surface area contributed by atoms with E-state index < -0.39 is 0 Å². The monoisotopic (exact) mass is 337 g/mol. The van der Waals surface area contributed by atoms with Crippen LogP contribution in [-0.2, 0) is 0 Å². The van der Waals surface area contributed by atoms with Gasteiger partial charge in [0.05, 0.1) is 0 Å². The Labute approximate surface area is 127 Å². The second-order valence-corrected chi connectivity index (χ2v) is 6.33. The molecular weight excluding hydrogens is 318 g/mol. The molecule has 0 unspecified atom stereocenters. The molecule has 0 saturated heterocycles. The molecule has 2 heterocycles. The molecule has 3 rings (SSSR count). The minimum Gasteiger partial charge on any atom is -0.337 e. The fourth-order valence-corrected chi connectivity index (χ4v) is 3.27. The van der Waals surface area contributed by atoms with Crippen LogP contribution >= 0.6 is 15.9 Å². The van der Waals surface area contributed by atoms with Crippen LogP contribution in [0, 0.1) is 0 Å². The molecule has 0 bridgehead atoms. The first-order chi connectivity index (χ1) is 9.67. The van der Waals surface area contributed by atoms with Crippen LogP contribution in [0.1, 0.15) is 32.6 Å². The zero-order valence-electron chi connectivity index (χ0n) is 11.7. The zero-order chi connectivity index (χ0) is 14.1. The van der Waals surface area contributed by atoms with E-state index in [2.05, 4.69) is 37.8 Å². The normalized spacial score (nSPS) is 23.1. The SMILES string of the molecule is CCN(c1nc2ccc(Br)cn2n1)C1CCC(N)CC1. The molecule has 1 fully saturated rings. The van der Waals surface area contributed by atoms with E-state index in [1.54, 1.807) is 0 Å². The van der Waals surface area contributed by atoms with Gasteiger partial charge in [-0.05, 0) is 60.7 Å². The summed E-state index contributed by atoms with van der Waals surface area (Å²) in [6.07, 6.45) is 6.40. The number of nitrogens with two attached hydrogens (primary N) is 1. The number of hydrogen-bond donors (Lipinski definition) is 1. The van der Waals surface area contributed by atoms with Crippen LogP contribution in [0.4, 0.5) is 5.95 Å². The number of halogens is 1. The van der Waals surface area contributed by atoms with Crippen molar-refractivity contribution in [1.29, 1.82) is 0 Å². The second-order valence-electron chi connectivity index (χ2n) is 5.42. The van der Waals surface area contributed by atoms with Gasteiger partial charge >= 0.3 is 0 Å². The summed E-state index contributed by atoms with van der Waals surface area (Å²) in [7, 11) is 0. The topological polar surface area (TPSA) is 59.5 Å². The van der Waals surface area contributed by atoms with Gasteiger partial charge in [0.25, 0.3) is 0 Å². The zero-order valence-corrected chi connectivity index (χ0v) is 13.3. The molecule has 0 spiro atoms. The first kappa shape index (κ1) is 13.8. The van der Waals surface area contributed by atoms with Gasteiger partial charge in [-0.3, -0.25) is 0 Å². The summed E-state index contributed by atoms with van der Waals surface area (Å²) < 4.78 is 2.84. The number of anilines is 1. The first-order valence-electron chi connectivity index (χ1n) is 7.21. The maximum atomic E-state index is 6.00. The van der Waals surface area contributed by atoms with E-state index >= 15 is 0 Å². The van der Waals surface area contributed by atoms with Crippen LogP contribution in [0.25, 0.3) is 5.65 Å². The molecule has 0 aliphatic heterocycles. The maximum absolute atomic E-state index is 6.00. The molecule has 0 radical (unpaired) electrons. The Hall–Kier alpha value is -1.14. The molecule has 1 saturated carbocycles. The van der Waals surface area contributed by atoms with E-state index in [4.69, 9.17) is 5.73 Å². The Morgan fingerprint density at radius 3 is 2.80 bits per heavy atom. The van der Waals surface area contributed by atoms with Crippen molar-refractivity contribution in [1.82, 2.24) is 14.6 Å². The molecule has 2 N–H and O–H groups in total. The number of pyridine rings is 1. The van der Waals surface area contributed by atoms with Gasteiger partial charge in [-0.15, -0.1) is 5.10 Å². The third-order valence-corrected chi connectivity index (χ3v) is 4.53. The molecule has 2 aromatic rings. The molecule has 20 heavy (non-hydrogen) atoms. The predicted molar refractivity (Wildman–Crippen MR) is 83.9 cm³/mol. The summed E-state index contributed by atoms with van der Waals surface area (Å²) in [5, 5.41) is 4.61. The lowest BCUT2D eigenvalue weighted by Gasteiger charge is -2.34. The highest BCUT2D eigenvalue weighted by Crippen LogP contribution is 2.25. The van der Waals surface area contributed by atoms with Gasteiger partial charge in [-0.1, -0.05) is 0 Å². The molecule has 5 nitrogen and oxygen atoms in total. The van der Waals surface area contributed by atoms with Crippen molar-refractivity contribution >= 4 is 27.5 Å². The van der Waals surface area contributed by atoms with E-state index in [0.717, 1.165) is 48.3 Å². The molecule has 1 aliphatic rings. The standard InChI is InChI=1S/C14H20BrN5/c1-2-19(12-6-4-11(16)5-7-12)14-17-13-8-3-10(15)9-20(13)18-14/h3,8-9,11-12H,2,4-7,16H2,1H3. The smallest absolute Gasteiger partial charge is 0.245 e. The van der Waals surface area contributed by atoms with Crippen LogP contribution in [0.3, 0.4) is 0 Å². The lowest BCUT2D eigenvalue weighted by molar-refractivity contribution is 0.375. The van der Waals surface area contributed by atoms with Gasteiger partial charge in [0, 0.05) is 29.3 Å². The molecule has 0 aromatic carbocycles. The maximum Gasteiger partial charge on any atom is 0.245 e. The van der Waals surface area contributed by atoms with Crippen molar-refractivity contribution in [3.63, 3.8) is 0 Å². The Balaban J connectivity index is 1.87. The summed E-state index contributed by atoms with van der Waals surface area (Å²) in [4.78, 5) is 6.96. The summed E-state index contributed by atoms with van der Waals surface area (Å²) in [5.41, 5.74) is 6.88. The van der Waals surface area contributed by atoms with E-state index in [0.29, 0.717) is 12.1 Å². The molecular formula is C14H20BrN5. The number of rotatable bonds is 3. The number of aromatic nitrogens is 3. The predicted octanol–water partition coefficient (Wildman–Crippen LogP) is 2.59. The summed E-state index contributed by atoms with van der Waals surface area (Å²) in [6.45, 7) is 3.09. The Morgan fingerprint density at radius 1 is 1.35 bits per heavy atom. The molecule has 1 aliphatic carbocycles. The van der Waals surface area contributed by atoms with E-state index in [1.165, 1.54) is 0 Å². The minimum atomic E-state index is 0.370. The fourth-order valence-electron chi connectivity index (χ4n) is 2.94. The van der Waals surface area contributed by atoms with Crippen LogP contribution < -0.4 is 10.6 Å². The molecule has 0 atom stereocenters. The highest BCUT2D eigenvalue weighted by Gasteiger charge is 2.25. The molecule has 6 heteroatoms. The molecule has 108 valence electrons. The van der Waals surface area contributed by atoms with Gasteiger partial charge in [0.1, 0.15) is 0 Å². The average Bonchev–Trinajstić information content (AvgIpc) is 2.84. The summed E-state index contributed by atoms with van der Waals surface area (Å²) in [5.74, 6) is 0.825. The van der Waals surface area contributed by atoms with Crippen LogP contribution in [0.5, 0.6) is 0 Å². The highest BCUT2D eigenvalue weighted by atomic mass is 79.9. The summed E-state index contributed by atoms with van der Waals surface area (Å²) >= 11 is 3.46. The second kappa shape index (κ2) is 5.69. The van der Waals surface area contributed by atoms with Crippen molar-refractivity contribution < 1.29 is 0 Å². The van der Waals surface area contributed by atoms with Gasteiger partial charge < -0.3 is 10.6 Å². The van der Waals surface area contributed by atoms with Gasteiger partial charge in [-0.25, -0.2) is 4.52 Å². The third-order valence-electron chi connectivity index (χ3n) is 4.06. The highest BCUT2D eigenvalue weighted by molar-refractivity contribution is 9.10. The van der Waals surface area contributed by atoms with Crippen molar-refractivity contribution in [3.05, 3.63) is 22.8 Å². The number of fused-ring (bicyclic) bond motifs is 1. The number of nitrogens with zero attached hydrogens (tertiary/aromatic N) is 4. The lowest BCUT2D eigenvalue weighted by Crippen LogP contribution is -2.41. The average molecular weight is 338 g/mol. The van der Waals surface area contributed by atoms with Crippen molar-refractivity contribution in [2.45, 2.75) is 44.7 Å². The Kier molecular flexibility index (Phi) is 3.94. The minimum absolute atomic E-state index is 0.370. The molecule has 0 amide bonds. The lowest BCUT2D eigenvalue weighted by atomic mass is 9.91. The van der Waals surface area contributed by atoms with E-state index in [1.807, 2.05) is 22.8 Å². The molecule has 2 aromatic heterocycles. The third kappa shape index (κ3) is 2.67. The summed E-state index contributed by atoms with van der Waals surface area (Å²) in [6, 6.07) is 4.85. The van der Waals surface area contributed by atoms with Crippen molar-refractivity contribution in [2.75, 3.05) is 11.4 Å². The van der Waals surface area contributed by atoms with Crippen LogP contribution in [-0.4, -0.2) is 33.2 Å². The van der Waals surface area contributed by atoms with Crippen molar-refractivity contribution in [2.24, 2.45) is 5.73 Å². The number of hydrogen-bond acceptors (Lipinski definition) is 4. The first-order valence-corrected chi connectivity index (χ1v) is 8.01. The van der Waals surface area contributed by atoms with Crippen molar-refractivity contribution in [3.8, 4) is 0 Å². The Morgan fingerprint density at radius 2 is 2.10 bits per heavy atom. The van der Waals surface area contributed by atoms with Gasteiger partial charge in [-0.2, -0.15) is 4.98 Å². The van der Waals surface area contributed by atoms with E-state index in [-0.39, 0.29) is 0 Å².